The number of aromatic amines is 1. The summed E-state index contributed by atoms with van der Waals surface area (Å²) in [6.45, 7) is 14.5. The highest BCUT2D eigenvalue weighted by Crippen LogP contribution is 2.39. The van der Waals surface area contributed by atoms with E-state index in [1.807, 2.05) is 0 Å². The maximum atomic E-state index is 6.61. The number of hydrogen-bond acceptors (Lipinski definition) is 6. The Morgan fingerprint density at radius 3 is 2.73 bits per heavy atom. The fourth-order valence-electron chi connectivity index (χ4n) is 6.75. The van der Waals surface area contributed by atoms with Gasteiger partial charge in [-0.1, -0.05) is 26.8 Å². The molecule has 2 atom stereocenters. The molecule has 8 nitrogen and oxygen atoms in total. The number of nitrogens with one attached hydrogen (secondary N) is 1. The average molecular weight is 544 g/mol. The topological polar surface area (TPSA) is 97.9 Å². The lowest BCUT2D eigenvalue weighted by molar-refractivity contribution is -0.0391. The van der Waals surface area contributed by atoms with Crippen molar-refractivity contribution in [3.05, 3.63) is 47.7 Å². The van der Waals surface area contributed by atoms with Crippen LogP contribution in [0.5, 0.6) is 0 Å². The zero-order valence-electron chi connectivity index (χ0n) is 24.9. The van der Waals surface area contributed by atoms with Gasteiger partial charge in [0, 0.05) is 31.2 Å². The molecular weight excluding hydrogens is 498 g/mol. The highest BCUT2D eigenvalue weighted by atomic mass is 16.5. The monoisotopic (exact) mass is 543 g/mol. The van der Waals surface area contributed by atoms with Gasteiger partial charge in [0.15, 0.2) is 0 Å². The molecule has 0 amide bonds. The first-order valence-electron chi connectivity index (χ1n) is 15.0. The molecule has 2 unspecified atom stereocenters. The van der Waals surface area contributed by atoms with E-state index >= 15 is 0 Å². The standard InChI is InChI=1S/C32H45N7O/c1-19(2)38(17-24-9-12-28(40-24)39-16-20(3)29-30(33)34-18-35-31(29)39)23-13-21(14-23)7-11-27-36-25-10-8-22(32(4,5)6)15-26(25)37-27/h8,10,15-16,18-19,21,23-24,28H,7,9,11-14,17H2,1-6H3,(H,36,37)(H2,33,34,35). The Hall–Kier alpha value is -2.97. The Kier molecular flexibility index (Phi) is 7.11. The van der Waals surface area contributed by atoms with Gasteiger partial charge in [0.05, 0.1) is 22.5 Å². The zero-order chi connectivity index (χ0) is 28.2. The Morgan fingerprint density at radius 1 is 1.18 bits per heavy atom. The van der Waals surface area contributed by atoms with Gasteiger partial charge in [0.25, 0.3) is 0 Å². The van der Waals surface area contributed by atoms with Crippen LogP contribution in [0.4, 0.5) is 5.82 Å². The minimum atomic E-state index is 0.00179. The second-order valence-corrected chi connectivity index (χ2v) is 13.5. The van der Waals surface area contributed by atoms with E-state index in [0.717, 1.165) is 65.2 Å². The van der Waals surface area contributed by atoms with E-state index < -0.39 is 0 Å². The number of fused-ring (bicyclic) bond motifs is 2. The number of nitrogen functional groups attached to an aromatic ring is 1. The predicted octanol–water partition coefficient (Wildman–Crippen LogP) is 6.30. The SMILES string of the molecule is Cc1cn(C2CCC(CN(C(C)C)C3CC(CCc4nc5ccc(C(C)(C)C)cc5[nH]4)C3)O2)c2ncnc(N)c12. The van der Waals surface area contributed by atoms with Gasteiger partial charge in [-0.2, -0.15) is 0 Å². The van der Waals surface area contributed by atoms with Crippen LogP contribution in [-0.2, 0) is 16.6 Å². The first-order valence-corrected chi connectivity index (χ1v) is 15.0. The summed E-state index contributed by atoms with van der Waals surface area (Å²) < 4.78 is 8.76. The third kappa shape index (κ3) is 5.23. The number of ether oxygens (including phenoxy) is 1. The van der Waals surface area contributed by atoms with Crippen LogP contribution < -0.4 is 5.73 Å². The number of anilines is 1. The largest absolute Gasteiger partial charge is 0.383 e. The summed E-state index contributed by atoms with van der Waals surface area (Å²) in [5, 5.41) is 0.941. The average Bonchev–Trinajstić information content (AvgIpc) is 3.58. The highest BCUT2D eigenvalue weighted by Gasteiger charge is 2.37. The molecule has 1 aliphatic heterocycles. The van der Waals surface area contributed by atoms with E-state index in [9.17, 15) is 0 Å². The smallest absolute Gasteiger partial charge is 0.147 e. The molecule has 6 rings (SSSR count). The van der Waals surface area contributed by atoms with Gasteiger partial charge < -0.3 is 20.0 Å². The normalized spacial score (nSPS) is 23.6. The molecule has 0 bridgehead atoms. The molecule has 1 aromatic carbocycles. The van der Waals surface area contributed by atoms with E-state index in [-0.39, 0.29) is 17.7 Å². The third-order valence-electron chi connectivity index (χ3n) is 9.17. The summed E-state index contributed by atoms with van der Waals surface area (Å²) in [6.07, 6.45) is 10.7. The van der Waals surface area contributed by atoms with Crippen molar-refractivity contribution in [3.8, 4) is 0 Å². The minimum Gasteiger partial charge on any atom is -0.383 e. The second kappa shape index (κ2) is 10.5. The number of aryl methyl sites for hydroxylation is 2. The molecule has 0 spiro atoms. The van der Waals surface area contributed by atoms with Crippen LogP contribution in [0.1, 0.15) is 89.9 Å². The number of hydrogen-bond donors (Lipinski definition) is 2. The summed E-state index contributed by atoms with van der Waals surface area (Å²) in [4.78, 5) is 19.8. The van der Waals surface area contributed by atoms with Crippen LogP contribution in [0.2, 0.25) is 0 Å². The van der Waals surface area contributed by atoms with Crippen molar-refractivity contribution in [1.29, 1.82) is 0 Å². The van der Waals surface area contributed by atoms with Crippen molar-refractivity contribution in [2.75, 3.05) is 12.3 Å². The van der Waals surface area contributed by atoms with Crippen molar-refractivity contribution in [1.82, 2.24) is 29.4 Å². The van der Waals surface area contributed by atoms with Gasteiger partial charge in [-0.05, 0) is 87.5 Å². The zero-order valence-corrected chi connectivity index (χ0v) is 24.9. The predicted molar refractivity (Wildman–Crippen MR) is 161 cm³/mol. The fraction of sp³-hybridized carbons (Fsp3) is 0.594. The van der Waals surface area contributed by atoms with Crippen LogP contribution in [0.15, 0.2) is 30.7 Å². The number of benzene rings is 1. The molecule has 40 heavy (non-hydrogen) atoms. The van der Waals surface area contributed by atoms with E-state index in [2.05, 4.69) is 90.4 Å². The van der Waals surface area contributed by atoms with Crippen molar-refractivity contribution in [3.63, 3.8) is 0 Å². The van der Waals surface area contributed by atoms with Crippen LogP contribution in [0.25, 0.3) is 22.1 Å². The number of aromatic nitrogens is 5. The van der Waals surface area contributed by atoms with E-state index in [1.165, 1.54) is 24.8 Å². The van der Waals surface area contributed by atoms with Gasteiger partial charge in [0.1, 0.15) is 29.8 Å². The highest BCUT2D eigenvalue weighted by molar-refractivity contribution is 5.89. The Bertz CT molecular complexity index is 1490. The van der Waals surface area contributed by atoms with E-state index in [1.54, 1.807) is 6.33 Å². The number of H-pyrrole nitrogens is 1. The van der Waals surface area contributed by atoms with Gasteiger partial charge in [-0.15, -0.1) is 0 Å². The fourth-order valence-corrected chi connectivity index (χ4v) is 6.75. The molecule has 0 radical (unpaired) electrons. The summed E-state index contributed by atoms with van der Waals surface area (Å²) in [6, 6.07) is 7.79. The van der Waals surface area contributed by atoms with Crippen LogP contribution in [-0.4, -0.2) is 54.1 Å². The quantitative estimate of drug-likeness (QED) is 0.271. The number of rotatable bonds is 8. The lowest BCUT2D eigenvalue weighted by Gasteiger charge is -2.46. The second-order valence-electron chi connectivity index (χ2n) is 13.5. The Labute approximate surface area is 237 Å². The van der Waals surface area contributed by atoms with E-state index in [4.69, 9.17) is 15.5 Å². The van der Waals surface area contributed by atoms with Crippen molar-refractivity contribution >= 4 is 27.9 Å². The molecule has 214 valence electrons. The van der Waals surface area contributed by atoms with Crippen LogP contribution >= 0.6 is 0 Å². The summed E-state index contributed by atoms with van der Waals surface area (Å²) in [5.74, 6) is 2.42. The van der Waals surface area contributed by atoms with E-state index in [0.29, 0.717) is 17.9 Å². The van der Waals surface area contributed by atoms with Crippen molar-refractivity contribution in [2.24, 2.45) is 5.92 Å². The number of nitrogens with zero attached hydrogens (tertiary/aromatic N) is 5. The molecule has 3 aromatic heterocycles. The number of nitrogens with two attached hydrogens (primary N) is 1. The molecular formula is C32H45N7O. The summed E-state index contributed by atoms with van der Waals surface area (Å²) in [7, 11) is 0. The Morgan fingerprint density at radius 2 is 1.98 bits per heavy atom. The molecule has 2 fully saturated rings. The molecule has 2 aliphatic rings. The molecule has 8 heteroatoms. The van der Waals surface area contributed by atoms with Crippen molar-refractivity contribution in [2.45, 2.75) is 110 Å². The maximum Gasteiger partial charge on any atom is 0.147 e. The number of imidazole rings is 1. The lowest BCUT2D eigenvalue weighted by atomic mass is 9.76. The Balaban J connectivity index is 1.02. The van der Waals surface area contributed by atoms with Crippen LogP contribution in [0, 0.1) is 12.8 Å². The molecule has 3 N–H and O–H groups in total. The summed E-state index contributed by atoms with van der Waals surface area (Å²) in [5.41, 5.74) is 11.8. The molecule has 4 heterocycles. The molecule has 1 saturated carbocycles. The van der Waals surface area contributed by atoms with Gasteiger partial charge in [-0.3, -0.25) is 4.90 Å². The molecule has 4 aromatic rings. The first kappa shape index (κ1) is 27.2. The lowest BCUT2D eigenvalue weighted by Crippen LogP contribution is -2.50. The van der Waals surface area contributed by atoms with Crippen molar-refractivity contribution < 1.29 is 4.74 Å². The van der Waals surface area contributed by atoms with Gasteiger partial charge in [0.2, 0.25) is 0 Å². The molecule has 1 aliphatic carbocycles. The maximum absolute atomic E-state index is 6.61. The molecule has 1 saturated heterocycles. The summed E-state index contributed by atoms with van der Waals surface area (Å²) >= 11 is 0. The van der Waals surface area contributed by atoms with Gasteiger partial charge in [-0.25, -0.2) is 15.0 Å². The first-order chi connectivity index (χ1) is 19.1. The van der Waals surface area contributed by atoms with Crippen LogP contribution in [0.3, 0.4) is 0 Å². The third-order valence-corrected chi connectivity index (χ3v) is 9.17. The van der Waals surface area contributed by atoms with Gasteiger partial charge >= 0.3 is 0 Å². The minimum absolute atomic E-state index is 0.00179.